The third-order valence-electron chi connectivity index (χ3n) is 4.63. The van der Waals surface area contributed by atoms with Crippen LogP contribution in [0.4, 0.5) is 4.39 Å². The molecular formula is C19H17FN4O. The Morgan fingerprint density at radius 3 is 2.68 bits per heavy atom. The van der Waals surface area contributed by atoms with Crippen molar-refractivity contribution in [2.75, 3.05) is 6.54 Å². The fourth-order valence-corrected chi connectivity index (χ4v) is 3.46. The number of likely N-dealkylation sites (tertiary alicyclic amines) is 1. The Morgan fingerprint density at radius 1 is 1.20 bits per heavy atom. The maximum atomic E-state index is 14.5. The molecule has 3 aromatic rings. The van der Waals surface area contributed by atoms with Gasteiger partial charge in [-0.3, -0.25) is 19.7 Å². The van der Waals surface area contributed by atoms with Crippen LogP contribution in [0.1, 0.15) is 35.3 Å². The maximum Gasteiger partial charge on any atom is 0.257 e. The Bertz CT molecular complexity index is 931. The third kappa shape index (κ3) is 2.84. The molecule has 0 spiro atoms. The van der Waals surface area contributed by atoms with Crippen molar-refractivity contribution >= 4 is 16.9 Å². The lowest BCUT2D eigenvalue weighted by Crippen LogP contribution is -2.31. The maximum absolute atomic E-state index is 14.5. The highest BCUT2D eigenvalue weighted by Crippen LogP contribution is 2.36. The lowest BCUT2D eigenvalue weighted by atomic mass is 10.0. The molecule has 0 radical (unpaired) electrons. The van der Waals surface area contributed by atoms with E-state index in [-0.39, 0.29) is 17.5 Å². The summed E-state index contributed by atoms with van der Waals surface area (Å²) in [6, 6.07) is 6.48. The van der Waals surface area contributed by atoms with E-state index >= 15 is 0 Å². The van der Waals surface area contributed by atoms with Crippen molar-refractivity contribution in [2.45, 2.75) is 19.4 Å². The molecule has 2 unspecified atom stereocenters. The average Bonchev–Trinajstić information content (AvgIpc) is 3.03. The third-order valence-corrected chi connectivity index (χ3v) is 4.63. The monoisotopic (exact) mass is 336 g/mol. The van der Waals surface area contributed by atoms with Crippen molar-refractivity contribution in [3.8, 4) is 0 Å². The summed E-state index contributed by atoms with van der Waals surface area (Å²) >= 11 is 0. The van der Waals surface area contributed by atoms with Gasteiger partial charge in [-0.25, -0.2) is 4.39 Å². The van der Waals surface area contributed by atoms with Crippen LogP contribution in [0.5, 0.6) is 0 Å². The Hall–Kier alpha value is -2.89. The summed E-state index contributed by atoms with van der Waals surface area (Å²) < 4.78 is 14.5. The van der Waals surface area contributed by atoms with Gasteiger partial charge in [0, 0.05) is 37.4 Å². The van der Waals surface area contributed by atoms with E-state index in [0.717, 1.165) is 12.0 Å². The van der Waals surface area contributed by atoms with Gasteiger partial charge in [-0.15, -0.1) is 0 Å². The smallest absolute Gasteiger partial charge is 0.257 e. The first-order valence-corrected chi connectivity index (χ1v) is 8.24. The molecule has 4 rings (SSSR count). The lowest BCUT2D eigenvalue weighted by molar-refractivity contribution is 0.0727. The van der Waals surface area contributed by atoms with Gasteiger partial charge in [0.2, 0.25) is 0 Å². The molecule has 1 aromatic carbocycles. The molecule has 6 heteroatoms. The van der Waals surface area contributed by atoms with Crippen molar-refractivity contribution in [1.82, 2.24) is 19.9 Å². The summed E-state index contributed by atoms with van der Waals surface area (Å²) in [5.74, 6) is -0.539. The zero-order valence-corrected chi connectivity index (χ0v) is 13.8. The van der Waals surface area contributed by atoms with Crippen LogP contribution < -0.4 is 0 Å². The van der Waals surface area contributed by atoms with Crippen molar-refractivity contribution < 1.29 is 9.18 Å². The second kappa shape index (κ2) is 6.20. The first kappa shape index (κ1) is 15.6. The van der Waals surface area contributed by atoms with Gasteiger partial charge in [0.15, 0.2) is 0 Å². The molecule has 2 aromatic heterocycles. The molecular weight excluding hydrogens is 319 g/mol. The summed E-state index contributed by atoms with van der Waals surface area (Å²) in [5.41, 5.74) is 1.96. The highest BCUT2D eigenvalue weighted by molar-refractivity contribution is 5.98. The fraction of sp³-hybridized carbons (Fsp3) is 0.263. The summed E-state index contributed by atoms with van der Waals surface area (Å²) in [4.78, 5) is 27.2. The number of carbonyl (C=O) groups is 1. The summed E-state index contributed by atoms with van der Waals surface area (Å²) in [6.07, 6.45) is 7.35. The Balaban J connectivity index is 1.73. The van der Waals surface area contributed by atoms with E-state index in [1.165, 1.54) is 24.5 Å². The summed E-state index contributed by atoms with van der Waals surface area (Å²) in [5, 5.41) is 0. The van der Waals surface area contributed by atoms with E-state index in [4.69, 9.17) is 0 Å². The van der Waals surface area contributed by atoms with Crippen LogP contribution >= 0.6 is 0 Å². The van der Waals surface area contributed by atoms with E-state index in [0.29, 0.717) is 23.5 Å². The number of amides is 1. The number of hydrogen-bond acceptors (Lipinski definition) is 4. The first-order valence-electron chi connectivity index (χ1n) is 8.24. The van der Waals surface area contributed by atoms with Crippen LogP contribution in [0, 0.1) is 11.7 Å². The Labute approximate surface area is 144 Å². The molecule has 5 nitrogen and oxygen atoms in total. The highest BCUT2D eigenvalue weighted by atomic mass is 19.1. The zero-order chi connectivity index (χ0) is 17.4. The quantitative estimate of drug-likeness (QED) is 0.720. The second-order valence-electron chi connectivity index (χ2n) is 6.48. The minimum Gasteiger partial charge on any atom is -0.331 e. The van der Waals surface area contributed by atoms with Crippen LogP contribution in [0.2, 0.25) is 0 Å². The predicted molar refractivity (Wildman–Crippen MR) is 91.3 cm³/mol. The molecule has 25 heavy (non-hydrogen) atoms. The molecule has 1 fully saturated rings. The van der Waals surface area contributed by atoms with Crippen molar-refractivity contribution in [1.29, 1.82) is 0 Å². The number of carbonyl (C=O) groups excluding carboxylic acids is 1. The molecule has 1 aliphatic heterocycles. The van der Waals surface area contributed by atoms with Crippen LogP contribution in [-0.2, 0) is 0 Å². The van der Waals surface area contributed by atoms with Gasteiger partial charge < -0.3 is 4.90 Å². The molecule has 1 saturated heterocycles. The fourth-order valence-electron chi connectivity index (χ4n) is 3.46. The number of benzene rings is 1. The molecule has 1 aliphatic rings. The van der Waals surface area contributed by atoms with Gasteiger partial charge in [-0.2, -0.15) is 0 Å². The molecule has 3 heterocycles. The molecule has 0 bridgehead atoms. The van der Waals surface area contributed by atoms with Gasteiger partial charge in [0.05, 0.1) is 22.6 Å². The minimum absolute atomic E-state index is 0.0380. The van der Waals surface area contributed by atoms with Crippen molar-refractivity contribution in [3.05, 3.63) is 66.0 Å². The molecule has 126 valence electrons. The number of fused-ring (bicyclic) bond motifs is 1. The van der Waals surface area contributed by atoms with Crippen molar-refractivity contribution in [2.24, 2.45) is 5.92 Å². The number of nitrogens with zero attached hydrogens (tertiary/aromatic N) is 4. The zero-order valence-electron chi connectivity index (χ0n) is 13.8. The number of rotatable bonds is 2. The average molecular weight is 336 g/mol. The van der Waals surface area contributed by atoms with E-state index in [1.807, 2.05) is 12.1 Å². The van der Waals surface area contributed by atoms with Gasteiger partial charge in [0.1, 0.15) is 5.82 Å². The molecule has 1 amide bonds. The van der Waals surface area contributed by atoms with Gasteiger partial charge in [-0.1, -0.05) is 13.0 Å². The van der Waals surface area contributed by atoms with E-state index in [1.54, 1.807) is 17.3 Å². The standard InChI is InChI=1S/C19H17FN4O/c1-12-7-18(13-3-2-4-21-10-13)24(11-12)19(25)14-8-16-17(9-15(14)20)23-6-5-22-16/h2-6,8-10,12,18H,7,11H2,1H3. The summed E-state index contributed by atoms with van der Waals surface area (Å²) in [6.45, 7) is 2.69. The van der Waals surface area contributed by atoms with Crippen LogP contribution in [0.25, 0.3) is 11.0 Å². The van der Waals surface area contributed by atoms with Gasteiger partial charge in [0.25, 0.3) is 5.91 Å². The summed E-state index contributed by atoms with van der Waals surface area (Å²) in [7, 11) is 0. The second-order valence-corrected chi connectivity index (χ2v) is 6.48. The number of pyridine rings is 1. The normalized spacial score (nSPS) is 20.2. The Morgan fingerprint density at radius 2 is 1.96 bits per heavy atom. The topological polar surface area (TPSA) is 59.0 Å². The number of hydrogen-bond donors (Lipinski definition) is 0. The Kier molecular flexibility index (Phi) is 3.87. The lowest BCUT2D eigenvalue weighted by Gasteiger charge is -2.25. The SMILES string of the molecule is CC1CC(c2cccnc2)N(C(=O)c2cc3nccnc3cc2F)C1. The molecule has 2 atom stereocenters. The van der Waals surface area contributed by atoms with Crippen molar-refractivity contribution in [3.63, 3.8) is 0 Å². The van der Waals surface area contributed by atoms with Gasteiger partial charge in [-0.05, 0) is 30.0 Å². The molecule has 0 aliphatic carbocycles. The molecule has 0 N–H and O–H groups in total. The highest BCUT2D eigenvalue weighted by Gasteiger charge is 2.35. The first-order chi connectivity index (χ1) is 12.1. The van der Waals surface area contributed by atoms with Crippen LogP contribution in [0.3, 0.4) is 0 Å². The number of halogens is 1. The van der Waals surface area contributed by atoms with Crippen LogP contribution in [-0.4, -0.2) is 32.3 Å². The van der Waals surface area contributed by atoms with E-state index < -0.39 is 5.82 Å². The predicted octanol–water partition coefficient (Wildman–Crippen LogP) is 3.39. The number of aromatic nitrogens is 3. The van der Waals surface area contributed by atoms with Gasteiger partial charge >= 0.3 is 0 Å². The largest absolute Gasteiger partial charge is 0.331 e. The van der Waals surface area contributed by atoms with E-state index in [9.17, 15) is 9.18 Å². The molecule has 0 saturated carbocycles. The van der Waals surface area contributed by atoms with Crippen LogP contribution in [0.15, 0.2) is 49.1 Å². The van der Waals surface area contributed by atoms with E-state index in [2.05, 4.69) is 21.9 Å². The minimum atomic E-state index is -0.567.